The summed E-state index contributed by atoms with van der Waals surface area (Å²) in [5, 5.41) is 14.6. The summed E-state index contributed by atoms with van der Waals surface area (Å²) in [5.41, 5.74) is 0. The Balaban J connectivity index is 1.60. The van der Waals surface area contributed by atoms with Gasteiger partial charge < -0.3 is 19.9 Å². The fraction of sp³-hybridized carbons (Fsp3) is 0.786. The van der Waals surface area contributed by atoms with Gasteiger partial charge in [0.1, 0.15) is 11.9 Å². The van der Waals surface area contributed by atoms with Crippen LogP contribution in [0.3, 0.4) is 0 Å². The second kappa shape index (κ2) is 6.53. The maximum Gasteiger partial charge on any atom is 0.240 e. The Morgan fingerprint density at radius 1 is 1.43 bits per heavy atom. The van der Waals surface area contributed by atoms with Gasteiger partial charge in [-0.25, -0.2) is 0 Å². The molecule has 0 unspecified atom stereocenters. The van der Waals surface area contributed by atoms with Crippen LogP contribution in [0, 0.1) is 0 Å². The first-order valence-electron chi connectivity index (χ1n) is 7.79. The summed E-state index contributed by atoms with van der Waals surface area (Å²) < 4.78 is 7.65. The standard InChI is InChI=1S/C14H23N5O2/c1-10-13(15-6-8-21-10)14(20)16-9-12-18-17-11-5-3-2-4-7-19(11)12/h10,13,15H,2-9H2,1H3,(H,16,20)/t10-,13+/m1/s1. The minimum atomic E-state index is -0.287. The molecule has 21 heavy (non-hydrogen) atoms. The van der Waals surface area contributed by atoms with Crippen molar-refractivity contribution in [3.8, 4) is 0 Å². The van der Waals surface area contributed by atoms with Gasteiger partial charge in [0.2, 0.25) is 5.91 Å². The molecule has 7 heteroatoms. The number of morpholine rings is 1. The number of nitrogens with zero attached hydrogens (tertiary/aromatic N) is 3. The van der Waals surface area contributed by atoms with Crippen molar-refractivity contribution in [3.05, 3.63) is 11.6 Å². The number of rotatable bonds is 3. The van der Waals surface area contributed by atoms with E-state index in [1.165, 1.54) is 12.8 Å². The molecule has 0 saturated carbocycles. The van der Waals surface area contributed by atoms with Crippen LogP contribution < -0.4 is 10.6 Å². The maximum atomic E-state index is 12.2. The highest BCUT2D eigenvalue weighted by molar-refractivity contribution is 5.82. The van der Waals surface area contributed by atoms with Crippen LogP contribution in [-0.2, 0) is 29.0 Å². The highest BCUT2D eigenvalue weighted by Gasteiger charge is 2.28. The summed E-state index contributed by atoms with van der Waals surface area (Å²) >= 11 is 0. The molecule has 2 atom stereocenters. The average molecular weight is 293 g/mol. The predicted octanol–water partition coefficient (Wildman–Crippen LogP) is -0.00240. The first kappa shape index (κ1) is 14.5. The Morgan fingerprint density at radius 3 is 3.19 bits per heavy atom. The van der Waals surface area contributed by atoms with Gasteiger partial charge in [-0.15, -0.1) is 10.2 Å². The lowest BCUT2D eigenvalue weighted by atomic mass is 10.1. The molecule has 3 rings (SSSR count). The van der Waals surface area contributed by atoms with Crippen LogP contribution in [-0.4, -0.2) is 46.0 Å². The molecule has 7 nitrogen and oxygen atoms in total. The third-order valence-corrected chi connectivity index (χ3v) is 4.21. The minimum Gasteiger partial charge on any atom is -0.375 e. The van der Waals surface area contributed by atoms with Gasteiger partial charge in [0.15, 0.2) is 5.82 Å². The van der Waals surface area contributed by atoms with E-state index >= 15 is 0 Å². The number of amides is 1. The largest absolute Gasteiger partial charge is 0.375 e. The zero-order valence-corrected chi connectivity index (χ0v) is 12.5. The van der Waals surface area contributed by atoms with Gasteiger partial charge in [-0.1, -0.05) is 6.42 Å². The Morgan fingerprint density at radius 2 is 2.33 bits per heavy atom. The lowest BCUT2D eigenvalue weighted by Gasteiger charge is -2.29. The summed E-state index contributed by atoms with van der Waals surface area (Å²) in [6, 6.07) is -0.287. The molecule has 2 aliphatic rings. The molecule has 116 valence electrons. The van der Waals surface area contributed by atoms with Crippen molar-refractivity contribution in [2.24, 2.45) is 0 Å². The van der Waals surface area contributed by atoms with Crippen LogP contribution in [0.25, 0.3) is 0 Å². The van der Waals surface area contributed by atoms with Crippen molar-refractivity contribution in [2.75, 3.05) is 13.2 Å². The second-order valence-corrected chi connectivity index (χ2v) is 5.72. The van der Waals surface area contributed by atoms with E-state index in [-0.39, 0.29) is 18.1 Å². The van der Waals surface area contributed by atoms with Crippen LogP contribution in [0.1, 0.15) is 37.8 Å². The van der Waals surface area contributed by atoms with E-state index in [0.29, 0.717) is 19.7 Å². The van der Waals surface area contributed by atoms with Crippen molar-refractivity contribution >= 4 is 5.91 Å². The van der Waals surface area contributed by atoms with E-state index in [9.17, 15) is 4.79 Å². The second-order valence-electron chi connectivity index (χ2n) is 5.72. The number of nitrogens with one attached hydrogen (secondary N) is 2. The molecule has 1 saturated heterocycles. The fourth-order valence-electron chi connectivity index (χ4n) is 2.98. The van der Waals surface area contributed by atoms with E-state index in [2.05, 4.69) is 25.4 Å². The van der Waals surface area contributed by atoms with E-state index in [4.69, 9.17) is 4.74 Å². The van der Waals surface area contributed by atoms with Crippen LogP contribution in [0.15, 0.2) is 0 Å². The van der Waals surface area contributed by atoms with Crippen molar-refractivity contribution in [1.82, 2.24) is 25.4 Å². The molecule has 2 N–H and O–H groups in total. The molecule has 1 aromatic rings. The van der Waals surface area contributed by atoms with E-state index in [0.717, 1.165) is 31.0 Å². The van der Waals surface area contributed by atoms with E-state index in [1.807, 2.05) is 6.92 Å². The van der Waals surface area contributed by atoms with Gasteiger partial charge in [-0.05, 0) is 19.8 Å². The fourth-order valence-corrected chi connectivity index (χ4v) is 2.98. The summed E-state index contributed by atoms with van der Waals surface area (Å²) in [5.74, 6) is 1.86. The third-order valence-electron chi connectivity index (χ3n) is 4.21. The molecule has 1 aromatic heterocycles. The molecule has 2 aliphatic heterocycles. The number of fused-ring (bicyclic) bond motifs is 1. The number of hydrogen-bond acceptors (Lipinski definition) is 5. The number of ether oxygens (including phenoxy) is 1. The Kier molecular flexibility index (Phi) is 4.50. The van der Waals surface area contributed by atoms with E-state index < -0.39 is 0 Å². The van der Waals surface area contributed by atoms with Gasteiger partial charge >= 0.3 is 0 Å². The summed E-state index contributed by atoms with van der Waals surface area (Å²) in [7, 11) is 0. The van der Waals surface area contributed by atoms with Crippen LogP contribution >= 0.6 is 0 Å². The van der Waals surface area contributed by atoms with Crippen molar-refractivity contribution in [3.63, 3.8) is 0 Å². The molecule has 0 bridgehead atoms. The van der Waals surface area contributed by atoms with Crippen molar-refractivity contribution in [1.29, 1.82) is 0 Å². The Bertz CT molecular complexity index is 502. The quantitative estimate of drug-likeness (QED) is 0.820. The molecule has 0 aliphatic carbocycles. The smallest absolute Gasteiger partial charge is 0.240 e. The SMILES string of the molecule is C[C@H]1OCCN[C@@H]1C(=O)NCc1nnc2n1CCCCC2. The lowest BCUT2D eigenvalue weighted by Crippen LogP contribution is -2.55. The maximum absolute atomic E-state index is 12.2. The molecule has 0 spiro atoms. The van der Waals surface area contributed by atoms with Crippen LogP contribution in [0.4, 0.5) is 0 Å². The normalized spacial score (nSPS) is 26.0. The number of aryl methyl sites for hydroxylation is 1. The number of carbonyl (C=O) groups is 1. The van der Waals surface area contributed by atoms with Gasteiger partial charge in [0.05, 0.1) is 19.3 Å². The van der Waals surface area contributed by atoms with Gasteiger partial charge in [0.25, 0.3) is 0 Å². The highest BCUT2D eigenvalue weighted by atomic mass is 16.5. The predicted molar refractivity (Wildman–Crippen MR) is 76.6 cm³/mol. The summed E-state index contributed by atoms with van der Waals surface area (Å²) in [6.45, 7) is 4.66. The average Bonchev–Trinajstić information content (AvgIpc) is 2.72. The Hall–Kier alpha value is -1.47. The third kappa shape index (κ3) is 3.24. The molecule has 1 fully saturated rings. The van der Waals surface area contributed by atoms with E-state index in [1.54, 1.807) is 0 Å². The van der Waals surface area contributed by atoms with Crippen LogP contribution in [0.5, 0.6) is 0 Å². The van der Waals surface area contributed by atoms with Gasteiger partial charge in [0, 0.05) is 19.5 Å². The van der Waals surface area contributed by atoms with Gasteiger partial charge in [-0.3, -0.25) is 4.79 Å². The summed E-state index contributed by atoms with van der Waals surface area (Å²) in [6.07, 6.45) is 4.44. The molecular formula is C14H23N5O2. The molecule has 1 amide bonds. The first-order valence-corrected chi connectivity index (χ1v) is 7.79. The monoisotopic (exact) mass is 293 g/mol. The zero-order chi connectivity index (χ0) is 14.7. The zero-order valence-electron chi connectivity index (χ0n) is 12.5. The molecule has 0 aromatic carbocycles. The van der Waals surface area contributed by atoms with Gasteiger partial charge in [-0.2, -0.15) is 0 Å². The molecule has 3 heterocycles. The topological polar surface area (TPSA) is 81.1 Å². The number of aromatic nitrogens is 3. The lowest BCUT2D eigenvalue weighted by molar-refractivity contribution is -0.129. The summed E-state index contributed by atoms with van der Waals surface area (Å²) in [4.78, 5) is 12.2. The van der Waals surface area contributed by atoms with Crippen molar-refractivity contribution < 1.29 is 9.53 Å². The molecular weight excluding hydrogens is 270 g/mol. The number of hydrogen-bond donors (Lipinski definition) is 2. The first-order chi connectivity index (χ1) is 10.3. The minimum absolute atomic E-state index is 0.0341. The molecule has 0 radical (unpaired) electrons. The van der Waals surface area contributed by atoms with Crippen molar-refractivity contribution in [2.45, 2.75) is 57.8 Å². The number of carbonyl (C=O) groups excluding carboxylic acids is 1. The van der Waals surface area contributed by atoms with Crippen LogP contribution in [0.2, 0.25) is 0 Å². The Labute approximate surface area is 124 Å². The highest BCUT2D eigenvalue weighted by Crippen LogP contribution is 2.14.